The summed E-state index contributed by atoms with van der Waals surface area (Å²) in [4.78, 5) is 39.0. The lowest BCUT2D eigenvalue weighted by Crippen LogP contribution is -2.47. The number of benzene rings is 1. The Morgan fingerprint density at radius 1 is 1.17 bits per heavy atom. The van der Waals surface area contributed by atoms with Gasteiger partial charge in [0.05, 0.1) is 20.3 Å². The number of imide groups is 1. The summed E-state index contributed by atoms with van der Waals surface area (Å²) in [5.41, 5.74) is -0.0900. The molecule has 1 heterocycles. The largest absolute Gasteiger partial charge is 0.497 e. The van der Waals surface area contributed by atoms with Gasteiger partial charge in [0.2, 0.25) is 5.91 Å². The molecule has 3 rings (SSSR count). The molecule has 2 N–H and O–H groups in total. The van der Waals surface area contributed by atoms with E-state index in [4.69, 9.17) is 9.47 Å². The number of nitrogens with one attached hydrogen (secondary N) is 2. The van der Waals surface area contributed by atoms with E-state index in [9.17, 15) is 14.4 Å². The number of hydrogen-bond donors (Lipinski definition) is 2. The van der Waals surface area contributed by atoms with Gasteiger partial charge in [-0.2, -0.15) is 0 Å². The van der Waals surface area contributed by atoms with Gasteiger partial charge in [0.25, 0.3) is 5.91 Å². The van der Waals surface area contributed by atoms with Crippen LogP contribution in [0.2, 0.25) is 0 Å². The van der Waals surface area contributed by atoms with Crippen LogP contribution in [0.1, 0.15) is 57.1 Å². The second kappa shape index (κ2) is 8.71. The standard InChI is InChI=1S/C21H29N3O5/c1-14(16-12-15(28-2)8-9-17(16)29-3)22-18(25)13-24-19(26)21(23-20(24)27)10-6-4-5-7-11-21/h8-9,12,14H,4-7,10-11,13H2,1-3H3,(H,22,25)(H,23,27)/t14-/m1/s1. The molecule has 29 heavy (non-hydrogen) atoms. The third-order valence-corrected chi connectivity index (χ3v) is 5.79. The molecule has 8 heteroatoms. The predicted molar refractivity (Wildman–Crippen MR) is 107 cm³/mol. The Labute approximate surface area is 170 Å². The normalized spacial score (nSPS) is 19.5. The van der Waals surface area contributed by atoms with Crippen LogP contribution in [0.15, 0.2) is 18.2 Å². The van der Waals surface area contributed by atoms with Crippen molar-refractivity contribution in [2.45, 2.75) is 57.0 Å². The van der Waals surface area contributed by atoms with Crippen LogP contribution in [0.3, 0.4) is 0 Å². The van der Waals surface area contributed by atoms with Crippen LogP contribution in [0, 0.1) is 0 Å². The first-order valence-corrected chi connectivity index (χ1v) is 10.1. The molecule has 1 saturated carbocycles. The summed E-state index contributed by atoms with van der Waals surface area (Å²) in [7, 11) is 3.12. The lowest BCUT2D eigenvalue weighted by Gasteiger charge is -2.24. The monoisotopic (exact) mass is 403 g/mol. The Balaban J connectivity index is 1.67. The smallest absolute Gasteiger partial charge is 0.325 e. The summed E-state index contributed by atoms with van der Waals surface area (Å²) >= 11 is 0. The van der Waals surface area contributed by atoms with E-state index in [0.29, 0.717) is 24.3 Å². The molecule has 1 aliphatic carbocycles. The Bertz CT molecular complexity index is 787. The van der Waals surface area contributed by atoms with Crippen LogP contribution < -0.4 is 20.1 Å². The van der Waals surface area contributed by atoms with Gasteiger partial charge in [-0.25, -0.2) is 4.79 Å². The molecule has 0 unspecified atom stereocenters. The van der Waals surface area contributed by atoms with Crippen LogP contribution in [0.4, 0.5) is 4.79 Å². The van der Waals surface area contributed by atoms with E-state index in [2.05, 4.69) is 10.6 Å². The maximum Gasteiger partial charge on any atom is 0.325 e. The van der Waals surface area contributed by atoms with Gasteiger partial charge < -0.3 is 20.1 Å². The van der Waals surface area contributed by atoms with E-state index in [1.807, 2.05) is 6.92 Å². The predicted octanol–water partition coefficient (Wildman–Crippen LogP) is 2.53. The molecule has 0 aromatic heterocycles. The van der Waals surface area contributed by atoms with Crippen LogP contribution in [-0.2, 0) is 9.59 Å². The summed E-state index contributed by atoms with van der Waals surface area (Å²) < 4.78 is 10.6. The van der Waals surface area contributed by atoms with Gasteiger partial charge in [0.15, 0.2) is 0 Å². The zero-order valence-corrected chi connectivity index (χ0v) is 17.2. The molecule has 0 bridgehead atoms. The van der Waals surface area contributed by atoms with Crippen LogP contribution in [0.25, 0.3) is 0 Å². The molecular formula is C21H29N3O5. The van der Waals surface area contributed by atoms with Crippen LogP contribution >= 0.6 is 0 Å². The fourth-order valence-corrected chi connectivity index (χ4v) is 4.18. The maximum atomic E-state index is 12.9. The minimum Gasteiger partial charge on any atom is -0.497 e. The number of hydrogen-bond acceptors (Lipinski definition) is 5. The van der Waals surface area contributed by atoms with E-state index in [-0.39, 0.29) is 18.5 Å². The number of ether oxygens (including phenoxy) is 2. The van der Waals surface area contributed by atoms with Gasteiger partial charge in [-0.15, -0.1) is 0 Å². The number of carbonyl (C=O) groups excluding carboxylic acids is 3. The number of nitrogens with zero attached hydrogens (tertiary/aromatic N) is 1. The summed E-state index contributed by atoms with van der Waals surface area (Å²) in [6.45, 7) is 1.51. The second-order valence-corrected chi connectivity index (χ2v) is 7.71. The third-order valence-electron chi connectivity index (χ3n) is 5.79. The zero-order valence-electron chi connectivity index (χ0n) is 17.2. The maximum absolute atomic E-state index is 12.9. The van der Waals surface area contributed by atoms with Crippen molar-refractivity contribution in [3.05, 3.63) is 23.8 Å². The summed E-state index contributed by atoms with van der Waals surface area (Å²) in [6, 6.07) is 4.46. The fourth-order valence-electron chi connectivity index (χ4n) is 4.18. The number of methoxy groups -OCH3 is 2. The fraction of sp³-hybridized carbons (Fsp3) is 0.571. The number of rotatable bonds is 6. The Morgan fingerprint density at radius 2 is 1.86 bits per heavy atom. The second-order valence-electron chi connectivity index (χ2n) is 7.71. The Hall–Kier alpha value is -2.77. The topological polar surface area (TPSA) is 97.0 Å². The average Bonchev–Trinajstić information content (AvgIpc) is 2.87. The molecule has 2 fully saturated rings. The first-order chi connectivity index (χ1) is 13.9. The Morgan fingerprint density at radius 3 is 2.48 bits per heavy atom. The van der Waals surface area contributed by atoms with E-state index in [0.717, 1.165) is 36.1 Å². The van der Waals surface area contributed by atoms with Crippen molar-refractivity contribution in [2.24, 2.45) is 0 Å². The molecular weight excluding hydrogens is 374 g/mol. The first kappa shape index (κ1) is 21.0. The van der Waals surface area contributed by atoms with Crippen molar-refractivity contribution in [3.8, 4) is 11.5 Å². The quantitative estimate of drug-likeness (QED) is 0.712. The van der Waals surface area contributed by atoms with E-state index in [1.54, 1.807) is 32.4 Å². The van der Waals surface area contributed by atoms with Crippen molar-refractivity contribution < 1.29 is 23.9 Å². The van der Waals surface area contributed by atoms with E-state index >= 15 is 0 Å². The van der Waals surface area contributed by atoms with Crippen molar-refractivity contribution in [2.75, 3.05) is 20.8 Å². The minimum absolute atomic E-state index is 0.286. The van der Waals surface area contributed by atoms with Crippen LogP contribution in [-0.4, -0.2) is 49.0 Å². The van der Waals surface area contributed by atoms with E-state index < -0.39 is 17.5 Å². The highest BCUT2D eigenvalue weighted by atomic mass is 16.5. The number of urea groups is 1. The average molecular weight is 403 g/mol. The Kier molecular flexibility index (Phi) is 6.30. The van der Waals surface area contributed by atoms with Gasteiger partial charge >= 0.3 is 6.03 Å². The highest BCUT2D eigenvalue weighted by Gasteiger charge is 2.51. The molecule has 0 radical (unpaired) electrons. The van der Waals surface area contributed by atoms with Gasteiger partial charge in [0, 0.05) is 5.56 Å². The minimum atomic E-state index is -0.838. The van der Waals surface area contributed by atoms with Crippen molar-refractivity contribution >= 4 is 17.8 Å². The molecule has 1 aromatic rings. The lowest BCUT2D eigenvalue weighted by atomic mass is 9.90. The molecule has 1 aromatic carbocycles. The molecule has 1 atom stereocenters. The SMILES string of the molecule is COc1ccc(OC)c([C@@H](C)NC(=O)CN2C(=O)NC3(CCCCCC3)C2=O)c1. The summed E-state index contributed by atoms with van der Waals surface area (Å²) in [5.74, 6) is 0.569. The van der Waals surface area contributed by atoms with Gasteiger partial charge in [-0.1, -0.05) is 25.7 Å². The molecule has 8 nitrogen and oxygen atoms in total. The van der Waals surface area contributed by atoms with Crippen molar-refractivity contribution in [1.29, 1.82) is 0 Å². The third kappa shape index (κ3) is 4.31. The molecule has 158 valence electrons. The molecule has 1 spiro atoms. The lowest BCUT2D eigenvalue weighted by molar-refractivity contribution is -0.135. The zero-order chi connectivity index (χ0) is 21.0. The molecule has 2 aliphatic rings. The molecule has 4 amide bonds. The van der Waals surface area contributed by atoms with Gasteiger partial charge in [-0.05, 0) is 38.0 Å². The molecule has 1 aliphatic heterocycles. The number of carbonyl (C=O) groups is 3. The summed E-state index contributed by atoms with van der Waals surface area (Å²) in [6.07, 6.45) is 5.19. The van der Waals surface area contributed by atoms with E-state index in [1.165, 1.54) is 0 Å². The summed E-state index contributed by atoms with van der Waals surface area (Å²) in [5, 5.41) is 5.70. The highest BCUT2D eigenvalue weighted by Crippen LogP contribution is 2.33. The van der Waals surface area contributed by atoms with Gasteiger partial charge in [0.1, 0.15) is 23.6 Å². The van der Waals surface area contributed by atoms with Crippen molar-refractivity contribution in [1.82, 2.24) is 15.5 Å². The van der Waals surface area contributed by atoms with Crippen LogP contribution in [0.5, 0.6) is 11.5 Å². The molecule has 1 saturated heterocycles. The number of amides is 4. The van der Waals surface area contributed by atoms with Gasteiger partial charge in [-0.3, -0.25) is 14.5 Å². The first-order valence-electron chi connectivity index (χ1n) is 10.1. The van der Waals surface area contributed by atoms with Crippen molar-refractivity contribution in [3.63, 3.8) is 0 Å². The highest BCUT2D eigenvalue weighted by molar-refractivity contribution is 6.09.